The maximum absolute atomic E-state index is 12.3. The summed E-state index contributed by atoms with van der Waals surface area (Å²) in [6.07, 6.45) is 0. The minimum absolute atomic E-state index is 0.150. The average Bonchev–Trinajstić information content (AvgIpc) is 2.77. The maximum Gasteiger partial charge on any atom is 0.251 e. The highest BCUT2D eigenvalue weighted by atomic mass is 32.2. The Bertz CT molecular complexity index is 1080. The first-order chi connectivity index (χ1) is 14.4. The summed E-state index contributed by atoms with van der Waals surface area (Å²) in [7, 11) is -0.575. The number of nitrogens with zero attached hydrogens (tertiary/aromatic N) is 1. The van der Waals surface area contributed by atoms with Gasteiger partial charge in [0.25, 0.3) is 5.91 Å². The minimum Gasteiger partial charge on any atom is -0.489 e. The van der Waals surface area contributed by atoms with E-state index in [9.17, 15) is 13.2 Å². The topological polar surface area (TPSA) is 75.7 Å². The standard InChI is InChI=1S/C23H24N2O4S/c1-25(2)30(27,28)22-14-12-20(13-15-22)23(26)24-16-18-8-10-19(11-9-18)17-29-21-6-4-3-5-7-21/h3-15H,16-17H2,1-2H3,(H,24,26). The van der Waals surface area contributed by atoms with E-state index >= 15 is 0 Å². The zero-order valence-electron chi connectivity index (χ0n) is 16.9. The number of hydrogen-bond acceptors (Lipinski definition) is 4. The molecule has 0 aliphatic carbocycles. The van der Waals surface area contributed by atoms with Gasteiger partial charge in [0.2, 0.25) is 10.0 Å². The summed E-state index contributed by atoms with van der Waals surface area (Å²) in [5.41, 5.74) is 2.39. The SMILES string of the molecule is CN(C)S(=O)(=O)c1ccc(C(=O)NCc2ccc(COc3ccccc3)cc2)cc1. The molecule has 6 nitrogen and oxygen atoms in total. The van der Waals surface area contributed by atoms with Gasteiger partial charge in [-0.05, 0) is 47.5 Å². The van der Waals surface area contributed by atoms with Gasteiger partial charge < -0.3 is 10.1 Å². The lowest BCUT2D eigenvalue weighted by Gasteiger charge is -2.12. The second-order valence-electron chi connectivity index (χ2n) is 6.91. The quantitative estimate of drug-likeness (QED) is 0.601. The van der Waals surface area contributed by atoms with Crippen LogP contribution in [0.5, 0.6) is 5.75 Å². The molecule has 30 heavy (non-hydrogen) atoms. The summed E-state index contributed by atoms with van der Waals surface area (Å²) < 4.78 is 31.0. The van der Waals surface area contributed by atoms with E-state index in [0.29, 0.717) is 18.7 Å². The Morgan fingerprint density at radius 2 is 1.47 bits per heavy atom. The molecule has 156 valence electrons. The summed E-state index contributed by atoms with van der Waals surface area (Å²) in [4.78, 5) is 12.5. The Balaban J connectivity index is 1.53. The number of sulfonamides is 1. The number of amides is 1. The summed E-state index contributed by atoms with van der Waals surface area (Å²) in [6, 6.07) is 23.3. The molecular weight excluding hydrogens is 400 g/mol. The van der Waals surface area contributed by atoms with Gasteiger partial charge in [-0.3, -0.25) is 4.79 Å². The fourth-order valence-corrected chi connectivity index (χ4v) is 3.61. The molecule has 0 saturated carbocycles. The van der Waals surface area contributed by atoms with Crippen molar-refractivity contribution in [1.29, 1.82) is 0 Å². The van der Waals surface area contributed by atoms with Gasteiger partial charge in [-0.25, -0.2) is 12.7 Å². The van der Waals surface area contributed by atoms with Crippen LogP contribution in [0.2, 0.25) is 0 Å². The van der Waals surface area contributed by atoms with Crippen molar-refractivity contribution >= 4 is 15.9 Å². The maximum atomic E-state index is 12.3. The first-order valence-corrected chi connectivity index (χ1v) is 10.9. The van der Waals surface area contributed by atoms with Crippen molar-refractivity contribution in [1.82, 2.24) is 9.62 Å². The Hall–Kier alpha value is -3.16. The third-order valence-electron chi connectivity index (χ3n) is 4.52. The molecule has 0 radical (unpaired) electrons. The van der Waals surface area contributed by atoms with Gasteiger partial charge in [0.05, 0.1) is 4.90 Å². The Morgan fingerprint density at radius 3 is 2.07 bits per heavy atom. The fraction of sp³-hybridized carbons (Fsp3) is 0.174. The molecule has 0 fully saturated rings. The lowest BCUT2D eigenvalue weighted by molar-refractivity contribution is 0.0951. The summed E-state index contributed by atoms with van der Waals surface area (Å²) >= 11 is 0. The number of carbonyl (C=O) groups excluding carboxylic acids is 1. The lowest BCUT2D eigenvalue weighted by Crippen LogP contribution is -2.24. The van der Waals surface area contributed by atoms with Crippen molar-refractivity contribution in [3.05, 3.63) is 95.6 Å². The molecule has 0 aliphatic rings. The van der Waals surface area contributed by atoms with Gasteiger partial charge in [0.1, 0.15) is 12.4 Å². The van der Waals surface area contributed by atoms with Crippen molar-refractivity contribution in [3.63, 3.8) is 0 Å². The molecule has 1 amide bonds. The van der Waals surface area contributed by atoms with E-state index < -0.39 is 10.0 Å². The number of carbonyl (C=O) groups is 1. The molecule has 0 saturated heterocycles. The van der Waals surface area contributed by atoms with Gasteiger partial charge in [-0.1, -0.05) is 42.5 Å². The first kappa shape index (κ1) is 21.5. The van der Waals surface area contributed by atoms with Crippen LogP contribution in [0.25, 0.3) is 0 Å². The minimum atomic E-state index is -3.51. The van der Waals surface area contributed by atoms with E-state index in [0.717, 1.165) is 21.2 Å². The number of nitrogens with one attached hydrogen (secondary N) is 1. The number of para-hydroxylation sites is 1. The van der Waals surface area contributed by atoms with Crippen molar-refractivity contribution in [3.8, 4) is 5.75 Å². The predicted molar refractivity (Wildman–Crippen MR) is 116 cm³/mol. The molecule has 7 heteroatoms. The Morgan fingerprint density at radius 1 is 0.867 bits per heavy atom. The van der Waals surface area contributed by atoms with Crippen LogP contribution in [0, 0.1) is 0 Å². The lowest BCUT2D eigenvalue weighted by atomic mass is 10.1. The van der Waals surface area contributed by atoms with Gasteiger partial charge >= 0.3 is 0 Å². The molecule has 1 N–H and O–H groups in total. The van der Waals surface area contributed by atoms with E-state index in [1.165, 1.54) is 38.4 Å². The van der Waals surface area contributed by atoms with Crippen LogP contribution in [0.3, 0.4) is 0 Å². The van der Waals surface area contributed by atoms with Gasteiger partial charge in [-0.2, -0.15) is 0 Å². The number of hydrogen-bond donors (Lipinski definition) is 1. The van der Waals surface area contributed by atoms with Gasteiger partial charge in [0.15, 0.2) is 0 Å². The monoisotopic (exact) mass is 424 g/mol. The second-order valence-corrected chi connectivity index (χ2v) is 9.06. The summed E-state index contributed by atoms with van der Waals surface area (Å²) in [6.45, 7) is 0.843. The normalized spacial score (nSPS) is 11.3. The van der Waals surface area contributed by atoms with Crippen LogP contribution < -0.4 is 10.1 Å². The highest BCUT2D eigenvalue weighted by Gasteiger charge is 2.17. The van der Waals surface area contributed by atoms with Gasteiger partial charge in [-0.15, -0.1) is 0 Å². The predicted octanol–water partition coefficient (Wildman–Crippen LogP) is 3.45. The van der Waals surface area contributed by atoms with Crippen LogP contribution in [-0.4, -0.2) is 32.7 Å². The molecule has 0 spiro atoms. The molecule has 3 aromatic carbocycles. The van der Waals surface area contributed by atoms with Crippen LogP contribution in [0.4, 0.5) is 0 Å². The largest absolute Gasteiger partial charge is 0.489 e. The van der Waals surface area contributed by atoms with Gasteiger partial charge in [0, 0.05) is 26.2 Å². The summed E-state index contributed by atoms with van der Waals surface area (Å²) in [5, 5.41) is 2.84. The Labute approximate surface area is 177 Å². The van der Waals surface area contributed by atoms with Crippen LogP contribution in [0.1, 0.15) is 21.5 Å². The van der Waals surface area contributed by atoms with Crippen LogP contribution in [0.15, 0.2) is 83.8 Å². The Kier molecular flexibility index (Phi) is 6.87. The zero-order valence-corrected chi connectivity index (χ0v) is 17.7. The van der Waals surface area contributed by atoms with Crippen molar-refractivity contribution < 1.29 is 17.9 Å². The van der Waals surface area contributed by atoms with Crippen LogP contribution >= 0.6 is 0 Å². The smallest absolute Gasteiger partial charge is 0.251 e. The van der Waals surface area contributed by atoms with Crippen LogP contribution in [-0.2, 0) is 23.2 Å². The van der Waals surface area contributed by atoms with Crippen molar-refractivity contribution in [2.24, 2.45) is 0 Å². The molecule has 0 atom stereocenters. The fourth-order valence-electron chi connectivity index (χ4n) is 2.71. The second kappa shape index (κ2) is 9.56. The summed E-state index contributed by atoms with van der Waals surface area (Å²) in [5.74, 6) is 0.554. The molecule has 0 aromatic heterocycles. The van der Waals surface area contributed by atoms with Crippen molar-refractivity contribution in [2.45, 2.75) is 18.0 Å². The first-order valence-electron chi connectivity index (χ1n) is 9.43. The van der Waals surface area contributed by atoms with E-state index in [1.54, 1.807) is 0 Å². The third kappa shape index (κ3) is 5.46. The van der Waals surface area contributed by atoms with E-state index in [-0.39, 0.29) is 10.8 Å². The molecule has 0 aliphatic heterocycles. The third-order valence-corrected chi connectivity index (χ3v) is 6.35. The highest BCUT2D eigenvalue weighted by Crippen LogP contribution is 2.15. The molecular formula is C23H24N2O4S. The molecule has 0 bridgehead atoms. The molecule has 3 rings (SSSR count). The van der Waals surface area contributed by atoms with E-state index in [4.69, 9.17) is 4.74 Å². The molecule has 0 heterocycles. The number of ether oxygens (including phenoxy) is 1. The van der Waals surface area contributed by atoms with E-state index in [2.05, 4.69) is 5.32 Å². The molecule has 0 unspecified atom stereocenters. The average molecular weight is 425 g/mol. The number of benzene rings is 3. The number of rotatable bonds is 8. The van der Waals surface area contributed by atoms with Crippen molar-refractivity contribution in [2.75, 3.05) is 14.1 Å². The highest BCUT2D eigenvalue weighted by molar-refractivity contribution is 7.89. The van der Waals surface area contributed by atoms with E-state index in [1.807, 2.05) is 54.6 Å². The molecule has 3 aromatic rings. The zero-order chi connectivity index (χ0) is 21.6.